The van der Waals surface area contributed by atoms with Crippen molar-refractivity contribution in [2.45, 2.75) is 27.2 Å². The van der Waals surface area contributed by atoms with E-state index in [9.17, 15) is 5.11 Å². The first kappa shape index (κ1) is 15.8. The minimum atomic E-state index is -1.48. The zero-order valence-electron chi connectivity index (χ0n) is 14.1. The Bertz CT molecular complexity index is 736. The van der Waals surface area contributed by atoms with Crippen LogP contribution in [0.25, 0.3) is 0 Å². The predicted molar refractivity (Wildman–Crippen MR) is 101 cm³/mol. The molecule has 3 rings (SSSR count). The predicted octanol–water partition coefficient (Wildman–Crippen LogP) is 3.41. The van der Waals surface area contributed by atoms with E-state index >= 15 is 0 Å². The molecule has 2 heteroatoms. The van der Waals surface area contributed by atoms with E-state index in [-0.39, 0.29) is 0 Å². The smallest absolute Gasteiger partial charge is 0.132 e. The molecule has 0 bridgehead atoms. The summed E-state index contributed by atoms with van der Waals surface area (Å²) in [4.78, 5) is 0. The molecule has 0 saturated heterocycles. The molecule has 2 aromatic rings. The van der Waals surface area contributed by atoms with Gasteiger partial charge in [-0.2, -0.15) is 0 Å². The number of aromatic hydroxyl groups is 1. The second kappa shape index (κ2) is 6.59. The molecule has 1 aliphatic rings. The largest absolute Gasteiger partial charge is 0.507 e. The number of allylic oxidation sites excluding steroid dienone is 4. The van der Waals surface area contributed by atoms with Crippen LogP contribution in [0.4, 0.5) is 0 Å². The van der Waals surface area contributed by atoms with E-state index in [2.05, 4.69) is 67.6 Å². The minimum absolute atomic E-state index is 0.427. The van der Waals surface area contributed by atoms with Crippen LogP contribution in [0, 0.1) is 19.8 Å². The summed E-state index contributed by atoms with van der Waals surface area (Å²) in [7, 11) is -1.48. The molecule has 0 spiro atoms. The minimum Gasteiger partial charge on any atom is -0.507 e. The fourth-order valence-corrected chi connectivity index (χ4v) is 6.89. The summed E-state index contributed by atoms with van der Waals surface area (Å²) in [5.41, 5.74) is 1.95. The lowest BCUT2D eigenvalue weighted by Crippen LogP contribution is -2.44. The van der Waals surface area contributed by atoms with Crippen LogP contribution < -0.4 is 10.4 Å². The van der Waals surface area contributed by atoms with Crippen LogP contribution in [0.3, 0.4) is 0 Å². The van der Waals surface area contributed by atoms with Gasteiger partial charge in [-0.3, -0.25) is 0 Å². The lowest BCUT2D eigenvalue weighted by Gasteiger charge is -2.23. The summed E-state index contributed by atoms with van der Waals surface area (Å²) >= 11 is 0. The third kappa shape index (κ3) is 3.32. The van der Waals surface area contributed by atoms with Crippen LogP contribution in [-0.2, 0) is 0 Å². The second-order valence-corrected chi connectivity index (χ2v) is 9.50. The Morgan fingerprint density at radius 2 is 1.65 bits per heavy atom. The summed E-state index contributed by atoms with van der Waals surface area (Å²) in [5, 5.41) is 14.4. The topological polar surface area (TPSA) is 20.2 Å². The van der Waals surface area contributed by atoms with E-state index in [4.69, 9.17) is 0 Å². The molecule has 0 radical (unpaired) electrons. The summed E-state index contributed by atoms with van der Waals surface area (Å²) < 4.78 is 0. The fourth-order valence-electron chi connectivity index (χ4n) is 3.44. The Labute approximate surface area is 140 Å². The van der Waals surface area contributed by atoms with Gasteiger partial charge in [-0.25, -0.2) is 0 Å². The standard InChI is InChI=1S/C21H24OSi/c1-15-8-7-11-19(12-15)23(18-9-5-4-6-10-18)20-13-16(2)21(22)17(3)14-20/h4-7,9-15,22-23H,8H2,1-3H3. The van der Waals surface area contributed by atoms with Crippen LogP contribution in [0.15, 0.2) is 65.9 Å². The van der Waals surface area contributed by atoms with Crippen molar-refractivity contribution >= 4 is 19.2 Å². The Morgan fingerprint density at radius 3 is 2.26 bits per heavy atom. The van der Waals surface area contributed by atoms with Crippen molar-refractivity contribution in [2.24, 2.45) is 5.92 Å². The van der Waals surface area contributed by atoms with Gasteiger partial charge in [-0.1, -0.05) is 83.2 Å². The molecule has 0 amide bonds. The molecule has 0 aromatic heterocycles. The SMILES string of the molecule is Cc1cc([SiH](C2=CC(C)CC=C2)c2ccccc2)cc(C)c1O. The van der Waals surface area contributed by atoms with Crippen LogP contribution in [0.1, 0.15) is 24.5 Å². The average Bonchev–Trinajstić information content (AvgIpc) is 2.54. The number of aryl methyl sites for hydroxylation is 2. The highest BCUT2D eigenvalue weighted by Gasteiger charge is 2.22. The molecule has 23 heavy (non-hydrogen) atoms. The Hall–Kier alpha value is -2.06. The summed E-state index contributed by atoms with van der Waals surface area (Å²) in [6.45, 7) is 6.28. The van der Waals surface area contributed by atoms with E-state index in [0.29, 0.717) is 11.7 Å². The molecule has 118 valence electrons. The monoisotopic (exact) mass is 320 g/mol. The van der Waals surface area contributed by atoms with Gasteiger partial charge in [-0.15, -0.1) is 0 Å². The van der Waals surface area contributed by atoms with E-state index in [1.54, 1.807) is 0 Å². The van der Waals surface area contributed by atoms with Gasteiger partial charge >= 0.3 is 0 Å². The van der Waals surface area contributed by atoms with Crippen molar-refractivity contribution in [1.29, 1.82) is 0 Å². The van der Waals surface area contributed by atoms with Gasteiger partial charge in [0.2, 0.25) is 0 Å². The normalized spacial score (nSPS) is 18.6. The lowest BCUT2D eigenvalue weighted by atomic mass is 10.0. The van der Waals surface area contributed by atoms with Crippen LogP contribution >= 0.6 is 0 Å². The molecular formula is C21H24OSi. The molecule has 2 aromatic carbocycles. The number of rotatable bonds is 3. The van der Waals surface area contributed by atoms with Crippen molar-refractivity contribution in [3.05, 3.63) is 77.0 Å². The van der Waals surface area contributed by atoms with Crippen molar-refractivity contribution in [1.82, 2.24) is 0 Å². The molecule has 0 fully saturated rings. The van der Waals surface area contributed by atoms with Gasteiger partial charge in [0.05, 0.1) is 0 Å². The zero-order valence-corrected chi connectivity index (χ0v) is 15.2. The lowest BCUT2D eigenvalue weighted by molar-refractivity contribution is 0.467. The molecule has 1 nitrogen and oxygen atoms in total. The number of phenolic OH excluding ortho intramolecular Hbond substituents is 1. The highest BCUT2D eigenvalue weighted by atomic mass is 28.3. The van der Waals surface area contributed by atoms with Crippen LogP contribution in [-0.4, -0.2) is 13.9 Å². The highest BCUT2D eigenvalue weighted by Crippen LogP contribution is 2.22. The maximum absolute atomic E-state index is 10.1. The van der Waals surface area contributed by atoms with Gasteiger partial charge in [0, 0.05) is 0 Å². The average molecular weight is 321 g/mol. The summed E-state index contributed by atoms with van der Waals surface area (Å²) in [5.74, 6) is 1.03. The molecule has 0 aliphatic heterocycles. The highest BCUT2D eigenvalue weighted by molar-refractivity contribution is 6.91. The van der Waals surface area contributed by atoms with E-state index < -0.39 is 8.80 Å². The van der Waals surface area contributed by atoms with E-state index in [1.807, 2.05) is 13.8 Å². The molecule has 2 unspecified atom stereocenters. The maximum atomic E-state index is 10.1. The number of benzene rings is 2. The van der Waals surface area contributed by atoms with Gasteiger partial charge in [-0.05, 0) is 37.3 Å². The first-order valence-corrected chi connectivity index (χ1v) is 10.0. The third-order valence-electron chi connectivity index (χ3n) is 4.61. The zero-order chi connectivity index (χ0) is 16.4. The molecule has 0 saturated carbocycles. The Balaban J connectivity index is 2.15. The van der Waals surface area contributed by atoms with Crippen LogP contribution in [0.5, 0.6) is 5.75 Å². The van der Waals surface area contributed by atoms with E-state index in [0.717, 1.165) is 17.5 Å². The van der Waals surface area contributed by atoms with Crippen molar-refractivity contribution in [3.63, 3.8) is 0 Å². The van der Waals surface area contributed by atoms with Crippen molar-refractivity contribution < 1.29 is 5.11 Å². The fraction of sp³-hybridized carbons (Fsp3) is 0.238. The van der Waals surface area contributed by atoms with Crippen molar-refractivity contribution in [3.8, 4) is 5.75 Å². The van der Waals surface area contributed by atoms with Gasteiger partial charge < -0.3 is 5.11 Å². The van der Waals surface area contributed by atoms with Crippen LogP contribution in [0.2, 0.25) is 0 Å². The number of hydrogen-bond acceptors (Lipinski definition) is 1. The number of phenols is 1. The third-order valence-corrected chi connectivity index (χ3v) is 7.71. The first-order chi connectivity index (χ1) is 11.1. The summed E-state index contributed by atoms with van der Waals surface area (Å²) in [6, 6.07) is 15.2. The molecule has 0 heterocycles. The second-order valence-electron chi connectivity index (χ2n) is 6.63. The van der Waals surface area contributed by atoms with Gasteiger partial charge in [0.25, 0.3) is 0 Å². The molecular weight excluding hydrogens is 296 g/mol. The van der Waals surface area contributed by atoms with Gasteiger partial charge in [0.15, 0.2) is 0 Å². The van der Waals surface area contributed by atoms with Crippen molar-refractivity contribution in [2.75, 3.05) is 0 Å². The Morgan fingerprint density at radius 1 is 1.00 bits per heavy atom. The first-order valence-electron chi connectivity index (χ1n) is 8.29. The van der Waals surface area contributed by atoms with E-state index in [1.165, 1.54) is 15.6 Å². The molecule has 2 atom stereocenters. The summed E-state index contributed by atoms with van der Waals surface area (Å²) in [6.07, 6.45) is 8.21. The Kier molecular flexibility index (Phi) is 4.53. The number of hydrogen-bond donors (Lipinski definition) is 1. The van der Waals surface area contributed by atoms with Gasteiger partial charge in [0.1, 0.15) is 14.5 Å². The maximum Gasteiger partial charge on any atom is 0.132 e. The molecule has 1 N–H and O–H groups in total. The molecule has 1 aliphatic carbocycles. The quantitative estimate of drug-likeness (QED) is 0.859.